The summed E-state index contributed by atoms with van der Waals surface area (Å²) in [5.74, 6) is -0.120. The molecule has 160 valence electrons. The van der Waals surface area contributed by atoms with Crippen molar-refractivity contribution in [2.24, 2.45) is 0 Å². The second kappa shape index (κ2) is 8.70. The molecule has 1 aliphatic rings. The quantitative estimate of drug-likeness (QED) is 0.703. The molecule has 2 heterocycles. The van der Waals surface area contributed by atoms with Crippen molar-refractivity contribution in [3.05, 3.63) is 64.0 Å². The van der Waals surface area contributed by atoms with Gasteiger partial charge < -0.3 is 4.90 Å². The normalized spacial score (nSPS) is 15.7. The van der Waals surface area contributed by atoms with E-state index >= 15 is 0 Å². The Bertz CT molecular complexity index is 1060. The molecule has 2 aromatic rings. The maximum Gasteiger partial charge on any atom is 0.246 e. The van der Waals surface area contributed by atoms with Crippen LogP contribution in [0.15, 0.2) is 35.5 Å². The summed E-state index contributed by atoms with van der Waals surface area (Å²) in [6.45, 7) is 11.1. The van der Waals surface area contributed by atoms with Gasteiger partial charge in [0.05, 0.1) is 4.90 Å². The molecular weight excluding hydrogens is 398 g/mol. The van der Waals surface area contributed by atoms with Gasteiger partial charge in [0.1, 0.15) is 0 Å². The summed E-state index contributed by atoms with van der Waals surface area (Å²) >= 11 is 0. The predicted molar refractivity (Wildman–Crippen MR) is 119 cm³/mol. The number of benzene rings is 1. The van der Waals surface area contributed by atoms with Gasteiger partial charge in [0, 0.05) is 44.6 Å². The molecule has 1 amide bonds. The van der Waals surface area contributed by atoms with Crippen LogP contribution in [0.1, 0.15) is 33.4 Å². The molecule has 0 radical (unpaired) electrons. The Balaban J connectivity index is 1.75. The van der Waals surface area contributed by atoms with E-state index < -0.39 is 10.0 Å². The van der Waals surface area contributed by atoms with E-state index in [9.17, 15) is 13.2 Å². The number of amides is 1. The monoisotopic (exact) mass is 427 g/mol. The van der Waals surface area contributed by atoms with Gasteiger partial charge in [-0.3, -0.25) is 9.78 Å². The van der Waals surface area contributed by atoms with E-state index in [1.165, 1.54) is 10.4 Å². The fourth-order valence-corrected chi connectivity index (χ4v) is 5.86. The lowest BCUT2D eigenvalue weighted by atomic mass is 9.95. The van der Waals surface area contributed by atoms with E-state index in [1.807, 2.05) is 46.8 Å². The van der Waals surface area contributed by atoms with Crippen molar-refractivity contribution in [3.8, 4) is 0 Å². The molecule has 3 rings (SSSR count). The van der Waals surface area contributed by atoms with Crippen molar-refractivity contribution in [1.82, 2.24) is 14.2 Å². The van der Waals surface area contributed by atoms with E-state index in [0.29, 0.717) is 31.1 Å². The minimum absolute atomic E-state index is 0.120. The van der Waals surface area contributed by atoms with Gasteiger partial charge in [-0.25, -0.2) is 8.42 Å². The molecule has 0 bridgehead atoms. The summed E-state index contributed by atoms with van der Waals surface area (Å²) in [6, 6.07) is 3.68. The van der Waals surface area contributed by atoms with Crippen LogP contribution in [0.4, 0.5) is 0 Å². The highest BCUT2D eigenvalue weighted by Crippen LogP contribution is 2.31. The molecule has 1 aromatic carbocycles. The molecule has 0 aliphatic carbocycles. The zero-order valence-electron chi connectivity index (χ0n) is 18.3. The number of pyridine rings is 1. The molecule has 0 atom stereocenters. The Labute approximate surface area is 179 Å². The molecule has 1 saturated heterocycles. The number of piperazine rings is 1. The van der Waals surface area contributed by atoms with Crippen LogP contribution in [0.25, 0.3) is 6.08 Å². The molecule has 0 unspecified atom stereocenters. The van der Waals surface area contributed by atoms with Crippen molar-refractivity contribution in [2.75, 3.05) is 26.2 Å². The summed E-state index contributed by atoms with van der Waals surface area (Å²) in [5, 5.41) is 0. The van der Waals surface area contributed by atoms with Gasteiger partial charge in [-0.15, -0.1) is 0 Å². The van der Waals surface area contributed by atoms with Crippen LogP contribution in [0.2, 0.25) is 0 Å². The van der Waals surface area contributed by atoms with Gasteiger partial charge in [-0.05, 0) is 80.1 Å². The van der Waals surface area contributed by atoms with Crippen LogP contribution in [0.5, 0.6) is 0 Å². The third-order valence-corrected chi connectivity index (χ3v) is 8.36. The molecule has 0 saturated carbocycles. The minimum atomic E-state index is -3.62. The van der Waals surface area contributed by atoms with Gasteiger partial charge in [0.25, 0.3) is 0 Å². The third-order valence-electron chi connectivity index (χ3n) is 6.18. The van der Waals surface area contributed by atoms with Gasteiger partial charge in [0.2, 0.25) is 15.9 Å². The summed E-state index contributed by atoms with van der Waals surface area (Å²) < 4.78 is 28.4. The lowest BCUT2D eigenvalue weighted by molar-refractivity contribution is -0.127. The highest BCUT2D eigenvalue weighted by molar-refractivity contribution is 7.89. The number of nitrogens with zero attached hydrogens (tertiary/aromatic N) is 3. The molecule has 30 heavy (non-hydrogen) atoms. The molecule has 1 aromatic heterocycles. The summed E-state index contributed by atoms with van der Waals surface area (Å²) in [4.78, 5) is 18.6. The molecule has 1 fully saturated rings. The van der Waals surface area contributed by atoms with E-state index in [4.69, 9.17) is 0 Å². The number of carbonyl (C=O) groups excluding carboxylic acids is 1. The van der Waals surface area contributed by atoms with Crippen LogP contribution in [-0.2, 0) is 14.8 Å². The average Bonchev–Trinajstić information content (AvgIpc) is 2.75. The van der Waals surface area contributed by atoms with Crippen molar-refractivity contribution >= 4 is 22.0 Å². The SMILES string of the molecule is Cc1c(C)c(C)c(S(=O)(=O)N2CCN(C(=O)/C=C/c3cccnc3)CC2)c(C)c1C. The van der Waals surface area contributed by atoms with Crippen molar-refractivity contribution in [2.45, 2.75) is 39.5 Å². The lowest BCUT2D eigenvalue weighted by Crippen LogP contribution is -2.50. The average molecular weight is 428 g/mol. The first-order valence-corrected chi connectivity index (χ1v) is 11.5. The van der Waals surface area contributed by atoms with Crippen LogP contribution in [-0.4, -0.2) is 54.7 Å². The number of aromatic nitrogens is 1. The van der Waals surface area contributed by atoms with E-state index in [2.05, 4.69) is 4.98 Å². The fraction of sp³-hybridized carbons (Fsp3) is 0.391. The van der Waals surface area contributed by atoms with E-state index in [0.717, 1.165) is 33.4 Å². The highest BCUT2D eigenvalue weighted by Gasteiger charge is 2.33. The Hall–Kier alpha value is -2.51. The first-order valence-electron chi connectivity index (χ1n) is 10.1. The predicted octanol–water partition coefficient (Wildman–Crippen LogP) is 3.17. The fourth-order valence-electron chi connectivity index (χ4n) is 3.88. The highest BCUT2D eigenvalue weighted by atomic mass is 32.2. The Morgan fingerprint density at radius 2 is 1.50 bits per heavy atom. The summed E-state index contributed by atoms with van der Waals surface area (Å²) in [7, 11) is -3.62. The largest absolute Gasteiger partial charge is 0.337 e. The van der Waals surface area contributed by atoms with Gasteiger partial charge in [-0.2, -0.15) is 4.31 Å². The van der Waals surface area contributed by atoms with Gasteiger partial charge in [-0.1, -0.05) is 6.07 Å². The zero-order chi connectivity index (χ0) is 22.1. The standard InChI is InChI=1S/C23H29N3O3S/c1-16-17(2)19(4)23(20(5)18(16)3)30(28,29)26-13-11-25(12-14-26)22(27)9-8-21-7-6-10-24-15-21/h6-10,15H,11-14H2,1-5H3/b9-8+. The van der Waals surface area contributed by atoms with Gasteiger partial charge in [0.15, 0.2) is 0 Å². The molecule has 0 N–H and O–H groups in total. The van der Waals surface area contributed by atoms with Crippen molar-refractivity contribution < 1.29 is 13.2 Å². The maximum absolute atomic E-state index is 13.4. The smallest absolute Gasteiger partial charge is 0.246 e. The summed E-state index contributed by atoms with van der Waals surface area (Å²) in [5.41, 5.74) is 5.65. The molecular formula is C23H29N3O3S. The second-order valence-corrected chi connectivity index (χ2v) is 9.68. The number of carbonyl (C=O) groups is 1. The van der Waals surface area contributed by atoms with Crippen molar-refractivity contribution in [3.63, 3.8) is 0 Å². The van der Waals surface area contributed by atoms with Crippen LogP contribution < -0.4 is 0 Å². The minimum Gasteiger partial charge on any atom is -0.337 e. The van der Waals surface area contributed by atoms with Gasteiger partial charge >= 0.3 is 0 Å². The first-order chi connectivity index (χ1) is 14.1. The second-order valence-electron chi connectivity index (χ2n) is 7.80. The number of hydrogen-bond donors (Lipinski definition) is 0. The Morgan fingerprint density at radius 3 is 2.03 bits per heavy atom. The zero-order valence-corrected chi connectivity index (χ0v) is 19.1. The number of sulfonamides is 1. The molecule has 1 aliphatic heterocycles. The number of rotatable bonds is 4. The topological polar surface area (TPSA) is 70.6 Å². The van der Waals surface area contributed by atoms with Crippen LogP contribution >= 0.6 is 0 Å². The van der Waals surface area contributed by atoms with Crippen LogP contribution in [0.3, 0.4) is 0 Å². The van der Waals surface area contributed by atoms with E-state index in [1.54, 1.807) is 23.4 Å². The Morgan fingerprint density at radius 1 is 0.933 bits per heavy atom. The summed E-state index contributed by atoms with van der Waals surface area (Å²) in [6.07, 6.45) is 6.61. The molecule has 6 nitrogen and oxygen atoms in total. The number of hydrogen-bond acceptors (Lipinski definition) is 4. The third kappa shape index (κ3) is 4.18. The Kier molecular flexibility index (Phi) is 6.43. The maximum atomic E-state index is 13.4. The lowest BCUT2D eigenvalue weighted by Gasteiger charge is -2.34. The van der Waals surface area contributed by atoms with E-state index in [-0.39, 0.29) is 5.91 Å². The van der Waals surface area contributed by atoms with Crippen LogP contribution in [0, 0.1) is 34.6 Å². The first kappa shape index (κ1) is 22.2. The molecule has 7 heteroatoms. The molecule has 0 spiro atoms. The van der Waals surface area contributed by atoms with Crippen molar-refractivity contribution in [1.29, 1.82) is 0 Å².